The lowest BCUT2D eigenvalue weighted by atomic mass is 10.1. The molecule has 0 saturated carbocycles. The molecule has 1 unspecified atom stereocenters. The molecule has 0 saturated heterocycles. The van der Waals surface area contributed by atoms with Crippen LogP contribution in [0.1, 0.15) is 50.0 Å². The summed E-state index contributed by atoms with van der Waals surface area (Å²) in [5, 5.41) is 6.44. The van der Waals surface area contributed by atoms with Gasteiger partial charge in [0, 0.05) is 16.1 Å². The van der Waals surface area contributed by atoms with Crippen molar-refractivity contribution in [2.24, 2.45) is 0 Å². The van der Waals surface area contributed by atoms with E-state index in [9.17, 15) is 9.59 Å². The van der Waals surface area contributed by atoms with Gasteiger partial charge in [-0.1, -0.05) is 23.8 Å². The number of nitrogens with one attached hydrogen (secondary N) is 2. The Morgan fingerprint density at radius 2 is 1.66 bits per heavy atom. The molecular weight excluding hydrogens is 382 g/mol. The van der Waals surface area contributed by atoms with E-state index in [1.807, 2.05) is 45.0 Å². The fourth-order valence-corrected chi connectivity index (χ4v) is 4.72. The molecule has 0 fully saturated rings. The van der Waals surface area contributed by atoms with Crippen molar-refractivity contribution < 1.29 is 9.59 Å². The second-order valence-electron chi connectivity index (χ2n) is 7.60. The summed E-state index contributed by atoms with van der Waals surface area (Å²) in [6.07, 6.45) is 1.55. The zero-order valence-electron chi connectivity index (χ0n) is 16.7. The zero-order chi connectivity index (χ0) is 20.5. The smallest absolute Gasteiger partial charge is 0.257 e. The molecule has 5 nitrogen and oxygen atoms in total. The van der Waals surface area contributed by atoms with Gasteiger partial charge in [-0.15, -0.1) is 11.3 Å². The molecule has 0 spiro atoms. The van der Waals surface area contributed by atoms with Crippen molar-refractivity contribution in [1.29, 1.82) is 0 Å². The van der Waals surface area contributed by atoms with Crippen LogP contribution < -0.4 is 10.6 Å². The molecule has 2 aromatic carbocycles. The summed E-state index contributed by atoms with van der Waals surface area (Å²) in [5.74, 6) is -0.517. The van der Waals surface area contributed by atoms with Crippen LogP contribution in [0.4, 0.5) is 10.8 Å². The number of aromatic nitrogens is 1. The molecule has 2 N–H and O–H groups in total. The Kier molecular flexibility index (Phi) is 5.20. The molecule has 3 aromatic rings. The summed E-state index contributed by atoms with van der Waals surface area (Å²) in [6, 6.07) is 13.4. The number of rotatable bonds is 4. The number of carbonyl (C=O) groups excluding carboxylic acids is 2. The van der Waals surface area contributed by atoms with Crippen molar-refractivity contribution in [3.63, 3.8) is 0 Å². The van der Waals surface area contributed by atoms with E-state index in [-0.39, 0.29) is 17.7 Å². The molecular formula is C23H23N3O2S. The van der Waals surface area contributed by atoms with Gasteiger partial charge < -0.3 is 5.32 Å². The van der Waals surface area contributed by atoms with Crippen LogP contribution in [0.3, 0.4) is 0 Å². The van der Waals surface area contributed by atoms with Crippen LogP contribution in [0, 0.1) is 20.8 Å². The Hall–Kier alpha value is -2.99. The van der Waals surface area contributed by atoms with Gasteiger partial charge in [-0.3, -0.25) is 14.9 Å². The van der Waals surface area contributed by atoms with Crippen LogP contribution >= 0.6 is 11.3 Å². The summed E-state index contributed by atoms with van der Waals surface area (Å²) in [6.45, 7) is 6.01. The highest BCUT2D eigenvalue weighted by molar-refractivity contribution is 7.16. The maximum Gasteiger partial charge on any atom is 0.257 e. The third kappa shape index (κ3) is 4.22. The summed E-state index contributed by atoms with van der Waals surface area (Å²) < 4.78 is 0. The minimum absolute atomic E-state index is 0.0459. The molecule has 2 amide bonds. The van der Waals surface area contributed by atoms with E-state index in [1.54, 1.807) is 12.1 Å². The molecule has 148 valence electrons. The second kappa shape index (κ2) is 7.79. The number of anilines is 2. The van der Waals surface area contributed by atoms with Crippen molar-refractivity contribution in [3.8, 4) is 0 Å². The molecule has 0 aliphatic heterocycles. The number of benzene rings is 2. The fraction of sp³-hybridized carbons (Fsp3) is 0.261. The van der Waals surface area contributed by atoms with E-state index in [0.717, 1.165) is 45.8 Å². The average molecular weight is 406 g/mol. The summed E-state index contributed by atoms with van der Waals surface area (Å²) in [4.78, 5) is 31.0. The van der Waals surface area contributed by atoms with Crippen LogP contribution in [0.15, 0.2) is 42.5 Å². The Balaban J connectivity index is 1.47. The van der Waals surface area contributed by atoms with Crippen molar-refractivity contribution in [2.45, 2.75) is 39.5 Å². The largest absolute Gasteiger partial charge is 0.325 e. The second-order valence-corrected chi connectivity index (χ2v) is 8.69. The van der Waals surface area contributed by atoms with Gasteiger partial charge in [0.2, 0.25) is 5.91 Å². The topological polar surface area (TPSA) is 71.1 Å². The number of nitrogens with zero attached hydrogens (tertiary/aromatic N) is 1. The molecule has 4 rings (SSSR count). The first-order valence-electron chi connectivity index (χ1n) is 9.66. The number of hydrogen-bond donors (Lipinski definition) is 2. The number of thiazole rings is 1. The Morgan fingerprint density at radius 3 is 2.34 bits per heavy atom. The Labute approximate surface area is 174 Å². The van der Waals surface area contributed by atoms with Crippen LogP contribution in [-0.2, 0) is 11.2 Å². The first-order chi connectivity index (χ1) is 13.9. The van der Waals surface area contributed by atoms with Gasteiger partial charge in [0.05, 0.1) is 11.6 Å². The lowest BCUT2D eigenvalue weighted by molar-refractivity contribution is -0.117. The molecule has 0 bridgehead atoms. The van der Waals surface area contributed by atoms with Crippen molar-refractivity contribution in [1.82, 2.24) is 4.98 Å². The van der Waals surface area contributed by atoms with E-state index in [2.05, 4.69) is 21.7 Å². The summed E-state index contributed by atoms with van der Waals surface area (Å²) in [5.41, 5.74) is 5.52. The van der Waals surface area contributed by atoms with Crippen molar-refractivity contribution >= 4 is 34.0 Å². The number of amides is 2. The van der Waals surface area contributed by atoms with E-state index in [4.69, 9.17) is 0 Å². The standard InChI is InChI=1S/C23H23N3O2S/c1-13-4-6-16(7-5-13)21(27)26-23-25-20-18(8-9-19(20)29-23)22(28)24-17-11-14(2)10-15(3)12-17/h4-7,10-12,18H,8-9H2,1-3H3,(H,24,28)(H,25,26,27). The molecule has 1 aromatic heterocycles. The van der Waals surface area contributed by atoms with Gasteiger partial charge in [0.1, 0.15) is 0 Å². The zero-order valence-corrected chi connectivity index (χ0v) is 17.5. The summed E-state index contributed by atoms with van der Waals surface area (Å²) >= 11 is 1.46. The SMILES string of the molecule is Cc1ccc(C(=O)Nc2nc3c(s2)CCC3C(=O)Nc2cc(C)cc(C)c2)cc1. The third-order valence-corrected chi connectivity index (χ3v) is 6.10. The molecule has 6 heteroatoms. The van der Waals surface area contributed by atoms with Crippen molar-refractivity contribution in [2.75, 3.05) is 10.6 Å². The minimum atomic E-state index is -0.285. The quantitative estimate of drug-likeness (QED) is 0.642. The third-order valence-electron chi connectivity index (χ3n) is 5.06. The van der Waals surface area contributed by atoms with E-state index in [1.165, 1.54) is 11.3 Å². The average Bonchev–Trinajstić information content (AvgIpc) is 3.21. The highest BCUT2D eigenvalue weighted by atomic mass is 32.1. The van der Waals surface area contributed by atoms with Gasteiger partial charge in [-0.2, -0.15) is 0 Å². The molecule has 1 heterocycles. The normalized spacial score (nSPS) is 15.1. The van der Waals surface area contributed by atoms with Gasteiger partial charge in [-0.25, -0.2) is 4.98 Å². The highest BCUT2D eigenvalue weighted by Crippen LogP contribution is 2.39. The molecule has 1 atom stereocenters. The van der Waals surface area contributed by atoms with Gasteiger partial charge in [0.15, 0.2) is 5.13 Å². The lowest BCUT2D eigenvalue weighted by Crippen LogP contribution is -2.20. The minimum Gasteiger partial charge on any atom is -0.325 e. The number of carbonyl (C=O) groups is 2. The Bertz CT molecular complexity index is 1070. The van der Waals surface area contributed by atoms with Gasteiger partial charge in [0.25, 0.3) is 5.91 Å². The maximum atomic E-state index is 12.9. The first kappa shape index (κ1) is 19.3. The highest BCUT2D eigenvalue weighted by Gasteiger charge is 2.33. The molecule has 29 heavy (non-hydrogen) atoms. The molecule has 1 aliphatic carbocycles. The van der Waals surface area contributed by atoms with Gasteiger partial charge in [-0.05, 0) is 69.0 Å². The lowest BCUT2D eigenvalue weighted by Gasteiger charge is -2.12. The molecule has 0 radical (unpaired) electrons. The van der Waals surface area contributed by atoms with Crippen molar-refractivity contribution in [3.05, 3.63) is 75.3 Å². The Morgan fingerprint density at radius 1 is 0.966 bits per heavy atom. The van der Waals surface area contributed by atoms with E-state index < -0.39 is 0 Å². The predicted octanol–water partition coefficient (Wildman–Crippen LogP) is 4.99. The number of hydrogen-bond acceptors (Lipinski definition) is 4. The first-order valence-corrected chi connectivity index (χ1v) is 10.5. The fourth-order valence-electron chi connectivity index (χ4n) is 3.69. The molecule has 1 aliphatic rings. The van der Waals surface area contributed by atoms with Crippen LogP contribution in [-0.4, -0.2) is 16.8 Å². The van der Waals surface area contributed by atoms with E-state index in [0.29, 0.717) is 10.7 Å². The maximum absolute atomic E-state index is 12.9. The van der Waals surface area contributed by atoms with Crippen LogP contribution in [0.25, 0.3) is 0 Å². The summed E-state index contributed by atoms with van der Waals surface area (Å²) in [7, 11) is 0. The number of aryl methyl sites for hydroxylation is 4. The monoisotopic (exact) mass is 405 g/mol. The van der Waals surface area contributed by atoms with Crippen LogP contribution in [0.5, 0.6) is 0 Å². The number of fused-ring (bicyclic) bond motifs is 1. The predicted molar refractivity (Wildman–Crippen MR) is 117 cm³/mol. The van der Waals surface area contributed by atoms with Gasteiger partial charge >= 0.3 is 0 Å². The van der Waals surface area contributed by atoms with Crippen LogP contribution in [0.2, 0.25) is 0 Å². The van der Waals surface area contributed by atoms with E-state index >= 15 is 0 Å².